The van der Waals surface area contributed by atoms with Gasteiger partial charge < -0.3 is 14.6 Å². The predicted molar refractivity (Wildman–Crippen MR) is 61.4 cm³/mol. The summed E-state index contributed by atoms with van der Waals surface area (Å²) in [6.45, 7) is 2.40. The summed E-state index contributed by atoms with van der Waals surface area (Å²) in [7, 11) is 0. The summed E-state index contributed by atoms with van der Waals surface area (Å²) in [5, 5.41) is 18.3. The number of hydrogen-bond acceptors (Lipinski definition) is 4. The Balaban J connectivity index is 2.46. The van der Waals surface area contributed by atoms with Crippen LogP contribution < -0.4 is 4.74 Å². The topological polar surface area (TPSA) is 62.5 Å². The van der Waals surface area contributed by atoms with Gasteiger partial charge in [-0.05, 0) is 6.07 Å². The summed E-state index contributed by atoms with van der Waals surface area (Å²) in [4.78, 5) is 0. The molecule has 2 atom stereocenters. The maximum Gasteiger partial charge on any atom is 0.188 e. The van der Waals surface area contributed by atoms with Crippen LogP contribution in [0.4, 0.5) is 0 Å². The van der Waals surface area contributed by atoms with Crippen LogP contribution in [0.1, 0.15) is 12.5 Å². The van der Waals surface area contributed by atoms with Crippen molar-refractivity contribution in [2.75, 3.05) is 19.8 Å². The van der Waals surface area contributed by atoms with Crippen molar-refractivity contribution in [3.63, 3.8) is 0 Å². The first-order valence-electron chi connectivity index (χ1n) is 5.63. The van der Waals surface area contributed by atoms with E-state index in [2.05, 4.69) is 6.07 Å². The molecule has 0 saturated carbocycles. The minimum absolute atomic E-state index is 0.0750. The number of nitriles is 1. The molecule has 0 amide bonds. The smallest absolute Gasteiger partial charge is 0.188 e. The van der Waals surface area contributed by atoms with E-state index in [-0.39, 0.29) is 19.1 Å². The van der Waals surface area contributed by atoms with E-state index in [9.17, 15) is 5.26 Å². The third-order valence-corrected chi connectivity index (χ3v) is 3.06. The van der Waals surface area contributed by atoms with Gasteiger partial charge in [0.15, 0.2) is 5.60 Å². The molecule has 4 heteroatoms. The largest absolute Gasteiger partial charge is 0.493 e. The monoisotopic (exact) mass is 233 g/mol. The number of para-hydroxylation sites is 1. The Hall–Kier alpha value is -1.57. The van der Waals surface area contributed by atoms with E-state index < -0.39 is 5.60 Å². The van der Waals surface area contributed by atoms with Crippen LogP contribution in [0, 0.1) is 17.2 Å². The van der Waals surface area contributed by atoms with E-state index in [1.807, 2.05) is 31.2 Å². The number of aliphatic hydroxyl groups is 1. The molecule has 0 saturated heterocycles. The second-order valence-electron chi connectivity index (χ2n) is 4.13. The predicted octanol–water partition coefficient (Wildman–Crippen LogP) is 1.44. The van der Waals surface area contributed by atoms with Gasteiger partial charge in [-0.1, -0.05) is 25.1 Å². The van der Waals surface area contributed by atoms with Crippen molar-refractivity contribution in [2.24, 2.45) is 5.92 Å². The molecule has 90 valence electrons. The number of fused-ring (bicyclic) bond motifs is 1. The summed E-state index contributed by atoms with van der Waals surface area (Å²) in [5.41, 5.74) is -0.271. The van der Waals surface area contributed by atoms with E-state index >= 15 is 0 Å². The van der Waals surface area contributed by atoms with Crippen LogP contribution in [0.25, 0.3) is 0 Å². The Labute approximate surface area is 100 Å². The Morgan fingerprint density at radius 3 is 3.06 bits per heavy atom. The van der Waals surface area contributed by atoms with Gasteiger partial charge >= 0.3 is 0 Å². The van der Waals surface area contributed by atoms with Gasteiger partial charge in [-0.25, -0.2) is 0 Å². The zero-order valence-corrected chi connectivity index (χ0v) is 9.72. The molecule has 0 bridgehead atoms. The second kappa shape index (κ2) is 4.74. The van der Waals surface area contributed by atoms with Crippen LogP contribution >= 0.6 is 0 Å². The van der Waals surface area contributed by atoms with Gasteiger partial charge in [0.25, 0.3) is 0 Å². The Bertz CT molecular complexity index is 441. The van der Waals surface area contributed by atoms with Crippen molar-refractivity contribution < 1.29 is 14.6 Å². The van der Waals surface area contributed by atoms with Crippen molar-refractivity contribution in [3.05, 3.63) is 29.8 Å². The molecule has 1 aliphatic heterocycles. The molecule has 1 aromatic carbocycles. The van der Waals surface area contributed by atoms with Crippen molar-refractivity contribution in [3.8, 4) is 11.8 Å². The van der Waals surface area contributed by atoms with Crippen molar-refractivity contribution in [2.45, 2.75) is 12.5 Å². The molecular weight excluding hydrogens is 218 g/mol. The second-order valence-corrected chi connectivity index (χ2v) is 4.13. The zero-order valence-electron chi connectivity index (χ0n) is 9.72. The van der Waals surface area contributed by atoms with E-state index in [1.165, 1.54) is 0 Å². The number of rotatable bonds is 3. The summed E-state index contributed by atoms with van der Waals surface area (Å²) >= 11 is 0. The van der Waals surface area contributed by atoms with Crippen LogP contribution in [0.3, 0.4) is 0 Å². The summed E-state index contributed by atoms with van der Waals surface area (Å²) in [6.07, 6.45) is 0. The molecule has 0 fully saturated rings. The van der Waals surface area contributed by atoms with E-state index in [4.69, 9.17) is 14.6 Å². The lowest BCUT2D eigenvalue weighted by Crippen LogP contribution is -2.42. The molecule has 2 rings (SSSR count). The molecule has 0 aromatic heterocycles. The fourth-order valence-electron chi connectivity index (χ4n) is 2.13. The standard InChI is InChI=1S/C13H15NO3/c1-10-8-16-12-5-3-2-4-11(12)13(10,9-14)17-7-6-15/h2-5,10,15H,6-8H2,1H3. The summed E-state index contributed by atoms with van der Waals surface area (Å²) < 4.78 is 11.2. The summed E-state index contributed by atoms with van der Waals surface area (Å²) in [5.74, 6) is 0.610. The fraction of sp³-hybridized carbons (Fsp3) is 0.462. The molecule has 1 N–H and O–H groups in total. The van der Waals surface area contributed by atoms with Gasteiger partial charge in [-0.3, -0.25) is 0 Å². The molecule has 0 spiro atoms. The lowest BCUT2D eigenvalue weighted by molar-refractivity contribution is -0.0790. The number of aliphatic hydroxyl groups excluding tert-OH is 1. The number of benzene rings is 1. The normalized spacial score (nSPS) is 26.8. The quantitative estimate of drug-likeness (QED) is 0.858. The van der Waals surface area contributed by atoms with Crippen LogP contribution in [-0.4, -0.2) is 24.9 Å². The first kappa shape index (κ1) is 11.9. The SMILES string of the molecule is CC1COc2ccccc2C1(C#N)OCCO. The third kappa shape index (κ3) is 1.88. The Morgan fingerprint density at radius 2 is 2.35 bits per heavy atom. The molecule has 1 heterocycles. The van der Waals surface area contributed by atoms with Crippen LogP contribution in [0.2, 0.25) is 0 Å². The van der Waals surface area contributed by atoms with Gasteiger partial charge in [-0.15, -0.1) is 0 Å². The average Bonchev–Trinajstić information content (AvgIpc) is 2.38. The highest BCUT2D eigenvalue weighted by atomic mass is 16.5. The lowest BCUT2D eigenvalue weighted by atomic mass is 9.81. The highest BCUT2D eigenvalue weighted by Gasteiger charge is 2.45. The van der Waals surface area contributed by atoms with E-state index in [0.717, 1.165) is 5.56 Å². The van der Waals surface area contributed by atoms with Crippen molar-refractivity contribution in [1.82, 2.24) is 0 Å². The maximum absolute atomic E-state index is 9.47. The third-order valence-electron chi connectivity index (χ3n) is 3.06. The van der Waals surface area contributed by atoms with Gasteiger partial charge in [0, 0.05) is 11.5 Å². The van der Waals surface area contributed by atoms with Gasteiger partial charge in [0.05, 0.1) is 19.8 Å². The van der Waals surface area contributed by atoms with Crippen molar-refractivity contribution in [1.29, 1.82) is 5.26 Å². The molecule has 2 unspecified atom stereocenters. The Kier molecular flexibility index (Phi) is 3.32. The molecular formula is C13H15NO3. The van der Waals surface area contributed by atoms with Gasteiger partial charge in [0.2, 0.25) is 0 Å². The number of nitrogens with zero attached hydrogens (tertiary/aromatic N) is 1. The first-order valence-corrected chi connectivity index (χ1v) is 5.63. The van der Waals surface area contributed by atoms with Crippen LogP contribution in [0.15, 0.2) is 24.3 Å². The van der Waals surface area contributed by atoms with Crippen LogP contribution in [-0.2, 0) is 10.3 Å². The highest BCUT2D eigenvalue weighted by Crippen LogP contribution is 2.42. The maximum atomic E-state index is 9.47. The van der Waals surface area contributed by atoms with E-state index in [1.54, 1.807) is 0 Å². The van der Waals surface area contributed by atoms with E-state index in [0.29, 0.717) is 12.4 Å². The Morgan fingerprint density at radius 1 is 1.59 bits per heavy atom. The van der Waals surface area contributed by atoms with Gasteiger partial charge in [0.1, 0.15) is 11.8 Å². The zero-order chi connectivity index (χ0) is 12.3. The number of hydrogen-bond donors (Lipinski definition) is 1. The molecule has 0 aliphatic carbocycles. The summed E-state index contributed by atoms with van der Waals surface area (Å²) in [6, 6.07) is 9.63. The first-order chi connectivity index (χ1) is 8.24. The minimum Gasteiger partial charge on any atom is -0.493 e. The molecule has 4 nitrogen and oxygen atoms in total. The molecule has 0 radical (unpaired) electrons. The minimum atomic E-state index is -1.02. The van der Waals surface area contributed by atoms with Crippen molar-refractivity contribution >= 4 is 0 Å². The fourth-order valence-corrected chi connectivity index (χ4v) is 2.13. The van der Waals surface area contributed by atoms with Gasteiger partial charge in [-0.2, -0.15) is 5.26 Å². The molecule has 1 aliphatic rings. The number of ether oxygens (including phenoxy) is 2. The van der Waals surface area contributed by atoms with Crippen LogP contribution in [0.5, 0.6) is 5.75 Å². The molecule has 1 aromatic rings. The lowest BCUT2D eigenvalue weighted by Gasteiger charge is -2.38. The molecule has 17 heavy (non-hydrogen) atoms. The average molecular weight is 233 g/mol. The highest BCUT2D eigenvalue weighted by molar-refractivity contribution is 5.44.